The molecular formula is C30H44O6. The van der Waals surface area contributed by atoms with Crippen molar-refractivity contribution in [1.82, 2.24) is 0 Å². The molecule has 0 aromatic carbocycles. The predicted octanol–water partition coefficient (Wildman–Crippen LogP) is 4.73. The van der Waals surface area contributed by atoms with E-state index in [1.807, 2.05) is 20.8 Å². The van der Waals surface area contributed by atoms with Crippen LogP contribution in [0, 0.1) is 45.8 Å². The highest BCUT2D eigenvalue weighted by Crippen LogP contribution is 2.68. The molecular weight excluding hydrogens is 456 g/mol. The number of rotatable bonds is 6. The maximum atomic E-state index is 14.0. The van der Waals surface area contributed by atoms with Crippen LogP contribution in [0.4, 0.5) is 0 Å². The Kier molecular flexibility index (Phi) is 6.74. The lowest BCUT2D eigenvalue weighted by molar-refractivity contribution is -0.153. The molecule has 0 saturated heterocycles. The standard InChI is InChI=1S/C30H44O6/c1-15(17(3)27(35)36)8-9-16(2)19-10-11-20-23-22(32)14-29(6)18(4)21(31)12-13-28(29,5)24(23)25(33)26(34)30(19,20)7/h16-21,26,31,34H,1,8-14H2,2-7H3,(H,35,36)/t16-,17?,18-,19?,20?,21-,26+,28?,29?,30?/m1/s1. The van der Waals surface area contributed by atoms with Crippen molar-refractivity contribution in [1.29, 1.82) is 0 Å². The molecule has 4 aliphatic rings. The molecule has 36 heavy (non-hydrogen) atoms. The van der Waals surface area contributed by atoms with Crippen molar-refractivity contribution >= 4 is 17.5 Å². The van der Waals surface area contributed by atoms with Gasteiger partial charge < -0.3 is 15.3 Å². The normalized spacial score (nSPS) is 43.9. The molecule has 6 nitrogen and oxygen atoms in total. The first kappa shape index (κ1) is 27.3. The maximum absolute atomic E-state index is 14.0. The third-order valence-corrected chi connectivity index (χ3v) is 11.8. The van der Waals surface area contributed by atoms with Crippen LogP contribution in [-0.4, -0.2) is 45.1 Å². The van der Waals surface area contributed by atoms with E-state index in [9.17, 15) is 29.7 Å². The van der Waals surface area contributed by atoms with Gasteiger partial charge in [0.15, 0.2) is 11.6 Å². The SMILES string of the molecule is C=C(CC[C@@H](C)C1CCC2C3=C(C(=O)[C@H](O)C21C)C1(C)CC[C@@H](O)[C@@H](C)C1(C)CC3=O)C(C)C(=O)O. The molecule has 0 spiro atoms. The molecule has 0 aliphatic heterocycles. The van der Waals surface area contributed by atoms with Gasteiger partial charge in [-0.25, -0.2) is 0 Å². The highest BCUT2D eigenvalue weighted by molar-refractivity contribution is 6.12. The summed E-state index contributed by atoms with van der Waals surface area (Å²) in [6.07, 6.45) is 2.76. The van der Waals surface area contributed by atoms with E-state index in [1.54, 1.807) is 6.92 Å². The van der Waals surface area contributed by atoms with Crippen molar-refractivity contribution < 1.29 is 29.7 Å². The van der Waals surface area contributed by atoms with Crippen LogP contribution in [0.3, 0.4) is 0 Å². The summed E-state index contributed by atoms with van der Waals surface area (Å²) in [5.41, 5.74) is 0.0811. The van der Waals surface area contributed by atoms with E-state index in [0.717, 1.165) is 19.3 Å². The number of carboxylic acid groups (broad SMARTS) is 1. The lowest BCUT2D eigenvalue weighted by Gasteiger charge is -2.61. The van der Waals surface area contributed by atoms with Crippen LogP contribution in [0.5, 0.6) is 0 Å². The minimum Gasteiger partial charge on any atom is -0.481 e. The second-order valence-corrected chi connectivity index (χ2v) is 13.1. The van der Waals surface area contributed by atoms with Crippen LogP contribution in [0.2, 0.25) is 0 Å². The van der Waals surface area contributed by atoms with E-state index < -0.39 is 40.3 Å². The number of hydrogen-bond acceptors (Lipinski definition) is 5. The monoisotopic (exact) mass is 500 g/mol. The Labute approximate surface area is 215 Å². The van der Waals surface area contributed by atoms with Gasteiger partial charge in [-0.1, -0.05) is 46.8 Å². The number of allylic oxidation sites excluding steroid dienone is 1. The molecule has 4 rings (SSSR count). The van der Waals surface area contributed by atoms with Gasteiger partial charge in [-0.2, -0.15) is 0 Å². The fourth-order valence-corrected chi connectivity index (χ4v) is 8.70. The van der Waals surface area contributed by atoms with E-state index in [0.29, 0.717) is 42.4 Å². The first-order chi connectivity index (χ1) is 16.6. The molecule has 3 N–H and O–H groups in total. The largest absolute Gasteiger partial charge is 0.481 e. The summed E-state index contributed by atoms with van der Waals surface area (Å²) in [5.74, 6) is -1.86. The van der Waals surface area contributed by atoms with Gasteiger partial charge in [0.05, 0.1) is 12.0 Å². The molecule has 0 amide bonds. The Morgan fingerprint density at radius 1 is 1.11 bits per heavy atom. The Bertz CT molecular complexity index is 1030. The molecule has 6 unspecified atom stereocenters. The van der Waals surface area contributed by atoms with Crippen molar-refractivity contribution in [3.05, 3.63) is 23.3 Å². The van der Waals surface area contributed by atoms with Crippen LogP contribution in [0.15, 0.2) is 23.3 Å². The average molecular weight is 501 g/mol. The van der Waals surface area contributed by atoms with Gasteiger partial charge in [0, 0.05) is 28.4 Å². The third-order valence-electron chi connectivity index (χ3n) is 11.8. The van der Waals surface area contributed by atoms with Crippen molar-refractivity contribution in [2.75, 3.05) is 0 Å². The van der Waals surface area contributed by atoms with Crippen LogP contribution in [0.25, 0.3) is 0 Å². The second-order valence-electron chi connectivity index (χ2n) is 13.1. The zero-order valence-corrected chi connectivity index (χ0v) is 22.8. The van der Waals surface area contributed by atoms with E-state index in [2.05, 4.69) is 20.4 Å². The van der Waals surface area contributed by atoms with Gasteiger partial charge in [-0.15, -0.1) is 0 Å². The van der Waals surface area contributed by atoms with Gasteiger partial charge in [0.25, 0.3) is 0 Å². The molecule has 6 heteroatoms. The third kappa shape index (κ3) is 3.53. The van der Waals surface area contributed by atoms with E-state index in [4.69, 9.17) is 0 Å². The fourth-order valence-electron chi connectivity index (χ4n) is 8.70. The number of Topliss-reactive ketones (excluding diaryl/α,β-unsaturated/α-hetero) is 2. The molecule has 2 fully saturated rings. The Morgan fingerprint density at radius 2 is 1.75 bits per heavy atom. The van der Waals surface area contributed by atoms with E-state index >= 15 is 0 Å². The van der Waals surface area contributed by atoms with Crippen molar-refractivity contribution in [2.45, 2.75) is 98.7 Å². The lowest BCUT2D eigenvalue weighted by atomic mass is 9.42. The molecule has 0 aromatic heterocycles. The maximum Gasteiger partial charge on any atom is 0.310 e. The number of ketones is 2. The molecule has 0 aromatic rings. The Balaban J connectivity index is 1.69. The zero-order valence-electron chi connectivity index (χ0n) is 22.8. The summed E-state index contributed by atoms with van der Waals surface area (Å²) < 4.78 is 0. The number of carbonyl (C=O) groups is 3. The van der Waals surface area contributed by atoms with E-state index in [1.165, 1.54) is 0 Å². The van der Waals surface area contributed by atoms with Gasteiger partial charge in [0.2, 0.25) is 0 Å². The first-order valence-corrected chi connectivity index (χ1v) is 13.7. The number of carboxylic acids is 1. The highest BCUT2D eigenvalue weighted by atomic mass is 16.4. The molecule has 0 heterocycles. The molecule has 10 atom stereocenters. The van der Waals surface area contributed by atoms with Crippen LogP contribution >= 0.6 is 0 Å². The summed E-state index contributed by atoms with van der Waals surface area (Å²) in [4.78, 5) is 39.2. The summed E-state index contributed by atoms with van der Waals surface area (Å²) in [5, 5.41) is 31.6. The lowest BCUT2D eigenvalue weighted by Crippen LogP contribution is -2.62. The molecule has 2 saturated carbocycles. The van der Waals surface area contributed by atoms with Crippen LogP contribution < -0.4 is 0 Å². The molecule has 200 valence electrons. The smallest absolute Gasteiger partial charge is 0.310 e. The molecule has 0 bridgehead atoms. The number of aliphatic hydroxyl groups is 2. The number of hydrogen-bond donors (Lipinski definition) is 3. The summed E-state index contributed by atoms with van der Waals surface area (Å²) in [6, 6.07) is 0. The minimum atomic E-state index is -1.17. The van der Waals surface area contributed by atoms with Gasteiger partial charge in [-0.05, 0) is 74.5 Å². The first-order valence-electron chi connectivity index (χ1n) is 13.7. The van der Waals surface area contributed by atoms with Crippen LogP contribution in [0.1, 0.15) is 86.5 Å². The highest BCUT2D eigenvalue weighted by Gasteiger charge is 2.67. The van der Waals surface area contributed by atoms with Crippen molar-refractivity contribution in [3.63, 3.8) is 0 Å². The van der Waals surface area contributed by atoms with Crippen LogP contribution in [-0.2, 0) is 14.4 Å². The Hall–Kier alpha value is -1.79. The predicted molar refractivity (Wildman–Crippen MR) is 137 cm³/mol. The number of aliphatic hydroxyl groups excluding tert-OH is 2. The van der Waals surface area contributed by atoms with Crippen molar-refractivity contribution in [2.24, 2.45) is 45.8 Å². The number of carbonyl (C=O) groups excluding carboxylic acids is 2. The number of fused-ring (bicyclic) bond motifs is 4. The molecule has 0 radical (unpaired) electrons. The minimum absolute atomic E-state index is 0.0133. The van der Waals surface area contributed by atoms with Gasteiger partial charge in [0.1, 0.15) is 6.10 Å². The number of aliphatic carboxylic acids is 1. The second kappa shape index (κ2) is 8.90. The fraction of sp³-hybridized carbons (Fsp3) is 0.767. The van der Waals surface area contributed by atoms with Gasteiger partial charge >= 0.3 is 5.97 Å². The summed E-state index contributed by atoms with van der Waals surface area (Å²) in [7, 11) is 0. The Morgan fingerprint density at radius 3 is 2.36 bits per heavy atom. The quantitative estimate of drug-likeness (QED) is 0.455. The summed E-state index contributed by atoms with van der Waals surface area (Å²) >= 11 is 0. The van der Waals surface area contributed by atoms with Crippen molar-refractivity contribution in [3.8, 4) is 0 Å². The van der Waals surface area contributed by atoms with E-state index in [-0.39, 0.29) is 35.2 Å². The average Bonchev–Trinajstić information content (AvgIpc) is 3.17. The molecule has 4 aliphatic carbocycles. The zero-order chi connectivity index (χ0) is 27.0. The topological polar surface area (TPSA) is 112 Å². The van der Waals surface area contributed by atoms with Gasteiger partial charge in [-0.3, -0.25) is 14.4 Å². The summed E-state index contributed by atoms with van der Waals surface area (Å²) in [6.45, 7) is 15.8.